The summed E-state index contributed by atoms with van der Waals surface area (Å²) in [5.41, 5.74) is 0. The van der Waals surface area contributed by atoms with Crippen LogP contribution in [0.1, 0.15) is 33.0 Å². The van der Waals surface area contributed by atoms with E-state index in [1.54, 1.807) is 13.0 Å². The zero-order chi connectivity index (χ0) is 17.5. The monoisotopic (exact) mass is 338 g/mol. The molecule has 2 heterocycles. The molecular weight excluding hydrogens is 308 g/mol. The average molecular weight is 338 g/mol. The molecule has 0 aliphatic carbocycles. The number of aromatic nitrogens is 1. The van der Waals surface area contributed by atoms with E-state index in [4.69, 9.17) is 9.26 Å². The van der Waals surface area contributed by atoms with Crippen LogP contribution in [0.2, 0.25) is 0 Å². The third-order valence-corrected chi connectivity index (χ3v) is 4.64. The number of amides is 1. The minimum absolute atomic E-state index is 0.0408. The number of carbonyl (C=O) groups is 1. The first-order valence-electron chi connectivity index (χ1n) is 8.85. The van der Waals surface area contributed by atoms with E-state index < -0.39 is 0 Å². The molecule has 0 unspecified atom stereocenters. The molecule has 1 aromatic rings. The Morgan fingerprint density at radius 2 is 2.29 bits per heavy atom. The lowest BCUT2D eigenvalue weighted by molar-refractivity contribution is -0.122. The Morgan fingerprint density at radius 3 is 2.92 bits per heavy atom. The van der Waals surface area contributed by atoms with Gasteiger partial charge in [-0.25, -0.2) is 0 Å². The van der Waals surface area contributed by atoms with E-state index in [2.05, 4.69) is 27.2 Å². The highest BCUT2D eigenvalue weighted by molar-refractivity contribution is 5.93. The van der Waals surface area contributed by atoms with Gasteiger partial charge in [-0.1, -0.05) is 12.1 Å². The van der Waals surface area contributed by atoms with Gasteiger partial charge in [-0.2, -0.15) is 0 Å². The summed E-state index contributed by atoms with van der Waals surface area (Å²) in [7, 11) is 0. The van der Waals surface area contributed by atoms with Gasteiger partial charge in [0.25, 0.3) is 0 Å². The normalized spacial score (nSPS) is 20.9. The smallest absolute Gasteiger partial charge is 0.242 e. The fourth-order valence-corrected chi connectivity index (χ4v) is 3.10. The Hall–Kier alpha value is -1.44. The van der Waals surface area contributed by atoms with Crippen molar-refractivity contribution in [2.45, 2.75) is 46.2 Å². The number of nitrogens with one attached hydrogen (secondary N) is 1. The van der Waals surface area contributed by atoms with Crippen molar-refractivity contribution in [3.8, 4) is 0 Å². The first-order valence-corrected chi connectivity index (χ1v) is 8.85. The summed E-state index contributed by atoms with van der Waals surface area (Å²) >= 11 is 0. The van der Waals surface area contributed by atoms with Crippen molar-refractivity contribution in [2.24, 2.45) is 0 Å². The van der Waals surface area contributed by atoms with Crippen molar-refractivity contribution in [3.05, 3.63) is 11.8 Å². The van der Waals surface area contributed by atoms with Crippen molar-refractivity contribution in [1.29, 1.82) is 0 Å². The van der Waals surface area contributed by atoms with Crippen molar-refractivity contribution in [1.82, 2.24) is 15.0 Å². The fraction of sp³-hybridized carbons (Fsp3) is 0.765. The molecule has 1 aliphatic heterocycles. The minimum atomic E-state index is -0.190. The summed E-state index contributed by atoms with van der Waals surface area (Å²) in [5.74, 6) is 1.12. The van der Waals surface area contributed by atoms with E-state index in [1.807, 2.05) is 13.8 Å². The zero-order valence-electron chi connectivity index (χ0n) is 15.2. The third kappa shape index (κ3) is 5.03. The molecule has 0 radical (unpaired) electrons. The predicted molar refractivity (Wildman–Crippen MR) is 93.0 cm³/mol. The minimum Gasteiger partial charge on any atom is -0.380 e. The van der Waals surface area contributed by atoms with Crippen LogP contribution in [0.3, 0.4) is 0 Å². The van der Waals surface area contributed by atoms with Crippen LogP contribution in [0.25, 0.3) is 0 Å². The maximum Gasteiger partial charge on any atom is 0.242 e. The van der Waals surface area contributed by atoms with E-state index in [1.165, 1.54) is 0 Å². The molecule has 0 aromatic carbocycles. The van der Waals surface area contributed by atoms with Gasteiger partial charge in [0.2, 0.25) is 5.91 Å². The maximum atomic E-state index is 12.4. The molecule has 1 fully saturated rings. The summed E-state index contributed by atoms with van der Waals surface area (Å²) in [4.78, 5) is 17.2. The highest BCUT2D eigenvalue weighted by atomic mass is 16.5. The van der Waals surface area contributed by atoms with Crippen LogP contribution < -0.4 is 5.32 Å². The molecule has 1 saturated heterocycles. The number of hydrogen-bond donors (Lipinski definition) is 1. The Balaban J connectivity index is 1.86. The average Bonchev–Trinajstić information content (AvgIpc) is 2.99. The summed E-state index contributed by atoms with van der Waals surface area (Å²) in [6.45, 7) is 13.2. The molecule has 1 amide bonds. The van der Waals surface area contributed by atoms with Gasteiger partial charge in [-0.3, -0.25) is 14.6 Å². The van der Waals surface area contributed by atoms with Gasteiger partial charge < -0.3 is 14.6 Å². The Morgan fingerprint density at radius 1 is 1.50 bits per heavy atom. The van der Waals surface area contributed by atoms with E-state index in [9.17, 15) is 4.79 Å². The van der Waals surface area contributed by atoms with Crippen molar-refractivity contribution < 1.29 is 14.1 Å². The first kappa shape index (κ1) is 18.9. The second-order valence-electron chi connectivity index (χ2n) is 6.28. The van der Waals surface area contributed by atoms with E-state index in [0.717, 1.165) is 45.8 Å². The third-order valence-electron chi connectivity index (χ3n) is 4.64. The summed E-state index contributed by atoms with van der Waals surface area (Å²) in [6.07, 6.45) is 1.07. The van der Waals surface area contributed by atoms with Gasteiger partial charge in [-0.15, -0.1) is 0 Å². The Kier molecular flexibility index (Phi) is 7.20. The summed E-state index contributed by atoms with van der Waals surface area (Å²) in [6, 6.07) is 2.00. The summed E-state index contributed by atoms with van der Waals surface area (Å²) < 4.78 is 10.5. The predicted octanol–water partition coefficient (Wildman–Crippen LogP) is 1.74. The number of piperazine rings is 1. The molecule has 136 valence electrons. The molecular formula is C17H30N4O3. The molecule has 7 nitrogen and oxygen atoms in total. The number of nitrogens with zero attached hydrogens (tertiary/aromatic N) is 3. The molecule has 2 rings (SSSR count). The molecule has 2 atom stereocenters. The van der Waals surface area contributed by atoms with Crippen LogP contribution in [0.15, 0.2) is 10.6 Å². The molecule has 0 bridgehead atoms. The largest absolute Gasteiger partial charge is 0.380 e. The maximum absolute atomic E-state index is 12.4. The molecule has 7 heteroatoms. The second-order valence-corrected chi connectivity index (χ2v) is 6.28. The van der Waals surface area contributed by atoms with Crippen molar-refractivity contribution in [2.75, 3.05) is 44.7 Å². The first-order chi connectivity index (χ1) is 11.5. The quantitative estimate of drug-likeness (QED) is 0.728. The van der Waals surface area contributed by atoms with Crippen LogP contribution in [0, 0.1) is 6.92 Å². The highest BCUT2D eigenvalue weighted by Gasteiger charge is 2.30. The van der Waals surface area contributed by atoms with Gasteiger partial charge in [0.15, 0.2) is 5.82 Å². The number of carbonyl (C=O) groups excluding carboxylic acids is 1. The van der Waals surface area contributed by atoms with E-state index >= 15 is 0 Å². The Bertz CT molecular complexity index is 520. The molecule has 1 aromatic heterocycles. The van der Waals surface area contributed by atoms with Crippen LogP contribution in [-0.2, 0) is 9.53 Å². The standard InChI is InChI=1S/C17H30N4O3/c1-5-15-12-21(8-7-20(15)9-10-23-6-2)14(4)17(22)18-16-11-13(3)24-19-16/h11,14-15H,5-10,12H2,1-4H3,(H,18,19,22)/t14-,15+/m1/s1. The number of aryl methyl sites for hydroxylation is 1. The van der Waals surface area contributed by atoms with Crippen molar-refractivity contribution in [3.63, 3.8) is 0 Å². The highest BCUT2D eigenvalue weighted by Crippen LogP contribution is 2.16. The Labute approximate surface area is 144 Å². The topological polar surface area (TPSA) is 70.8 Å². The SMILES string of the molecule is CCOCCN1CCN([C@H](C)C(=O)Nc2cc(C)on2)C[C@@H]1CC. The fourth-order valence-electron chi connectivity index (χ4n) is 3.10. The second kappa shape index (κ2) is 9.15. The molecule has 1 aliphatic rings. The molecule has 0 saturated carbocycles. The van der Waals surface area contributed by atoms with Crippen LogP contribution in [0.4, 0.5) is 5.82 Å². The van der Waals surface area contributed by atoms with E-state index in [-0.39, 0.29) is 11.9 Å². The van der Waals surface area contributed by atoms with Gasteiger partial charge in [0, 0.05) is 44.9 Å². The van der Waals surface area contributed by atoms with Crippen molar-refractivity contribution >= 4 is 11.7 Å². The van der Waals surface area contributed by atoms with Crippen LogP contribution in [-0.4, -0.2) is 72.3 Å². The van der Waals surface area contributed by atoms with Gasteiger partial charge in [0.1, 0.15) is 5.76 Å². The molecule has 0 spiro atoms. The number of anilines is 1. The number of ether oxygens (including phenoxy) is 1. The van der Waals surface area contributed by atoms with Gasteiger partial charge in [0.05, 0.1) is 12.6 Å². The van der Waals surface area contributed by atoms with Gasteiger partial charge in [-0.05, 0) is 27.2 Å². The lowest BCUT2D eigenvalue weighted by Crippen LogP contribution is -2.57. The lowest BCUT2D eigenvalue weighted by atomic mass is 10.1. The van der Waals surface area contributed by atoms with E-state index in [0.29, 0.717) is 17.6 Å². The number of hydrogen-bond acceptors (Lipinski definition) is 6. The van der Waals surface area contributed by atoms with Gasteiger partial charge >= 0.3 is 0 Å². The number of rotatable bonds is 8. The van der Waals surface area contributed by atoms with Crippen LogP contribution >= 0.6 is 0 Å². The lowest BCUT2D eigenvalue weighted by Gasteiger charge is -2.43. The molecule has 1 N–H and O–H groups in total. The molecule has 24 heavy (non-hydrogen) atoms. The summed E-state index contributed by atoms with van der Waals surface area (Å²) in [5, 5.41) is 6.65. The zero-order valence-corrected chi connectivity index (χ0v) is 15.2. The van der Waals surface area contributed by atoms with Crippen LogP contribution in [0.5, 0.6) is 0 Å².